The Labute approximate surface area is 152 Å². The van der Waals surface area contributed by atoms with Crippen molar-refractivity contribution >= 4 is 5.91 Å². The maximum absolute atomic E-state index is 12.4. The summed E-state index contributed by atoms with van der Waals surface area (Å²) in [6, 6.07) is 0. The Morgan fingerprint density at radius 3 is 3.08 bits per heavy atom. The molecule has 0 radical (unpaired) electrons. The molecule has 1 saturated carbocycles. The highest BCUT2D eigenvalue weighted by molar-refractivity contribution is 5.76. The van der Waals surface area contributed by atoms with Gasteiger partial charge in [0.05, 0.1) is 18.9 Å². The normalized spacial score (nSPS) is 20.0. The first-order valence-electron chi connectivity index (χ1n) is 9.41. The van der Waals surface area contributed by atoms with E-state index in [0.29, 0.717) is 44.3 Å². The van der Waals surface area contributed by atoms with Gasteiger partial charge in [-0.3, -0.25) is 4.79 Å². The summed E-state index contributed by atoms with van der Waals surface area (Å²) in [6.07, 6.45) is 9.95. The summed E-state index contributed by atoms with van der Waals surface area (Å²) in [4.78, 5) is 22.7. The largest absolute Gasteiger partial charge is 0.381 e. The van der Waals surface area contributed by atoms with Crippen LogP contribution in [0, 0.1) is 5.92 Å². The predicted molar refractivity (Wildman–Crippen MR) is 92.3 cm³/mol. The summed E-state index contributed by atoms with van der Waals surface area (Å²) in [6.45, 7) is 3.55. The maximum atomic E-state index is 12.4. The second-order valence-electron chi connectivity index (χ2n) is 7.19. The number of amides is 1. The number of imidazole rings is 1. The Bertz CT molecular complexity index is 710. The monoisotopic (exact) mass is 359 g/mol. The van der Waals surface area contributed by atoms with Gasteiger partial charge in [-0.05, 0) is 25.2 Å². The summed E-state index contributed by atoms with van der Waals surface area (Å²) in [5, 5.41) is 4.05. The molecule has 1 saturated heterocycles. The third kappa shape index (κ3) is 4.49. The third-order valence-electron chi connectivity index (χ3n) is 5.04. The van der Waals surface area contributed by atoms with Crippen molar-refractivity contribution in [3.8, 4) is 0 Å². The minimum absolute atomic E-state index is 0.140. The van der Waals surface area contributed by atoms with E-state index >= 15 is 0 Å². The number of likely N-dealkylation sites (tertiary alicyclic amines) is 1. The first-order chi connectivity index (χ1) is 12.8. The molecule has 8 nitrogen and oxygen atoms in total. The van der Waals surface area contributed by atoms with Gasteiger partial charge in [0.1, 0.15) is 0 Å². The number of hydrogen-bond acceptors (Lipinski definition) is 6. The lowest BCUT2D eigenvalue weighted by atomic mass is 10.1. The zero-order valence-electron chi connectivity index (χ0n) is 14.9. The molecule has 3 heterocycles. The second kappa shape index (κ2) is 7.99. The highest BCUT2D eigenvalue weighted by Crippen LogP contribution is 2.29. The van der Waals surface area contributed by atoms with Crippen LogP contribution in [0.5, 0.6) is 0 Å². The Morgan fingerprint density at radius 2 is 2.27 bits per heavy atom. The quantitative estimate of drug-likeness (QED) is 0.633. The van der Waals surface area contributed by atoms with Crippen molar-refractivity contribution in [1.29, 1.82) is 0 Å². The van der Waals surface area contributed by atoms with E-state index in [9.17, 15) is 4.79 Å². The molecule has 1 amide bonds. The van der Waals surface area contributed by atoms with Gasteiger partial charge in [0.2, 0.25) is 11.8 Å². The van der Waals surface area contributed by atoms with Crippen LogP contribution >= 0.6 is 0 Å². The van der Waals surface area contributed by atoms with Crippen molar-refractivity contribution in [1.82, 2.24) is 24.6 Å². The number of aromatic nitrogens is 4. The number of ether oxygens (including phenoxy) is 1. The number of nitrogens with zero attached hydrogens (tertiary/aromatic N) is 5. The lowest BCUT2D eigenvalue weighted by Gasteiger charge is -2.15. The minimum atomic E-state index is 0.140. The predicted octanol–water partition coefficient (Wildman–Crippen LogP) is 1.64. The van der Waals surface area contributed by atoms with Crippen molar-refractivity contribution in [3.63, 3.8) is 0 Å². The Kier molecular flexibility index (Phi) is 5.29. The smallest absolute Gasteiger partial charge is 0.231 e. The first-order valence-corrected chi connectivity index (χ1v) is 9.41. The van der Waals surface area contributed by atoms with Gasteiger partial charge in [-0.15, -0.1) is 0 Å². The number of carbonyl (C=O) groups excluding carboxylic acids is 1. The average molecular weight is 359 g/mol. The van der Waals surface area contributed by atoms with E-state index in [1.807, 2.05) is 15.7 Å². The molecule has 1 unspecified atom stereocenters. The summed E-state index contributed by atoms with van der Waals surface area (Å²) in [5.41, 5.74) is 0. The van der Waals surface area contributed by atoms with E-state index in [1.165, 1.54) is 12.8 Å². The van der Waals surface area contributed by atoms with Gasteiger partial charge in [-0.1, -0.05) is 5.16 Å². The van der Waals surface area contributed by atoms with Crippen molar-refractivity contribution < 1.29 is 14.1 Å². The number of aryl methyl sites for hydroxylation is 1. The maximum Gasteiger partial charge on any atom is 0.231 e. The van der Waals surface area contributed by atoms with Gasteiger partial charge in [-0.25, -0.2) is 4.98 Å². The van der Waals surface area contributed by atoms with Gasteiger partial charge in [0.15, 0.2) is 5.82 Å². The molecule has 4 rings (SSSR count). The van der Waals surface area contributed by atoms with Gasteiger partial charge in [-0.2, -0.15) is 4.98 Å². The molecule has 0 N–H and O–H groups in total. The van der Waals surface area contributed by atoms with Crippen molar-refractivity contribution in [2.45, 2.75) is 44.6 Å². The van der Waals surface area contributed by atoms with E-state index < -0.39 is 0 Å². The standard InChI is InChI=1S/C18H25N5O3/c24-17(4-7-22-9-6-19-13-22)23-8-3-15(11-23)18-20-16(21-26-18)5-10-25-12-14-1-2-14/h6,9,13-15H,1-5,7-8,10-12H2. The molecule has 1 aliphatic carbocycles. The molecule has 2 aromatic rings. The third-order valence-corrected chi connectivity index (χ3v) is 5.04. The molecule has 1 aliphatic heterocycles. The molecule has 140 valence electrons. The lowest BCUT2D eigenvalue weighted by Crippen LogP contribution is -2.29. The Hall–Kier alpha value is -2.22. The lowest BCUT2D eigenvalue weighted by molar-refractivity contribution is -0.130. The molecule has 2 fully saturated rings. The van der Waals surface area contributed by atoms with Crippen LogP contribution in [0.2, 0.25) is 0 Å². The van der Waals surface area contributed by atoms with Crippen LogP contribution in [0.1, 0.15) is 43.3 Å². The SMILES string of the molecule is O=C(CCn1ccnc1)N1CCC(c2nc(CCOCC3CC3)no2)C1. The number of rotatable bonds is 9. The zero-order chi connectivity index (χ0) is 17.8. The van der Waals surface area contributed by atoms with Crippen molar-refractivity contribution in [2.75, 3.05) is 26.3 Å². The van der Waals surface area contributed by atoms with Crippen LogP contribution in [0.25, 0.3) is 0 Å². The summed E-state index contributed by atoms with van der Waals surface area (Å²) in [7, 11) is 0. The highest BCUT2D eigenvalue weighted by Gasteiger charge is 2.30. The van der Waals surface area contributed by atoms with Crippen LogP contribution in [0.15, 0.2) is 23.2 Å². The topological polar surface area (TPSA) is 86.3 Å². The van der Waals surface area contributed by atoms with Crippen molar-refractivity contribution in [3.05, 3.63) is 30.4 Å². The fraction of sp³-hybridized carbons (Fsp3) is 0.667. The molecule has 2 aromatic heterocycles. The molecule has 1 atom stereocenters. The van der Waals surface area contributed by atoms with E-state index in [-0.39, 0.29) is 11.8 Å². The van der Waals surface area contributed by atoms with Crippen LogP contribution in [-0.4, -0.2) is 56.8 Å². The van der Waals surface area contributed by atoms with Gasteiger partial charge < -0.3 is 18.7 Å². The number of hydrogen-bond donors (Lipinski definition) is 0. The Balaban J connectivity index is 1.21. The molecule has 0 spiro atoms. The highest BCUT2D eigenvalue weighted by atomic mass is 16.5. The summed E-state index contributed by atoms with van der Waals surface area (Å²) in [5.74, 6) is 2.41. The van der Waals surface area contributed by atoms with Crippen LogP contribution < -0.4 is 0 Å². The van der Waals surface area contributed by atoms with Gasteiger partial charge >= 0.3 is 0 Å². The van der Waals surface area contributed by atoms with Crippen LogP contribution in [0.4, 0.5) is 0 Å². The molecular formula is C18H25N5O3. The summed E-state index contributed by atoms with van der Waals surface area (Å²) < 4.78 is 13.0. The van der Waals surface area contributed by atoms with Crippen LogP contribution in [-0.2, 0) is 22.5 Å². The average Bonchev–Trinajstić information content (AvgIpc) is 3.10. The van der Waals surface area contributed by atoms with E-state index in [1.54, 1.807) is 12.5 Å². The van der Waals surface area contributed by atoms with E-state index in [2.05, 4.69) is 15.1 Å². The van der Waals surface area contributed by atoms with E-state index in [4.69, 9.17) is 9.26 Å². The molecular weight excluding hydrogens is 334 g/mol. The number of carbonyl (C=O) groups is 1. The Morgan fingerprint density at radius 1 is 1.35 bits per heavy atom. The van der Waals surface area contributed by atoms with Crippen molar-refractivity contribution in [2.24, 2.45) is 5.92 Å². The zero-order valence-corrected chi connectivity index (χ0v) is 14.9. The second-order valence-corrected chi connectivity index (χ2v) is 7.19. The fourth-order valence-corrected chi connectivity index (χ4v) is 3.22. The molecule has 0 bridgehead atoms. The fourth-order valence-electron chi connectivity index (χ4n) is 3.22. The first kappa shape index (κ1) is 17.2. The molecule has 0 aromatic carbocycles. The molecule has 2 aliphatic rings. The van der Waals surface area contributed by atoms with E-state index in [0.717, 1.165) is 25.5 Å². The van der Waals surface area contributed by atoms with Gasteiger partial charge in [0, 0.05) is 51.5 Å². The van der Waals surface area contributed by atoms with Gasteiger partial charge in [0.25, 0.3) is 0 Å². The minimum Gasteiger partial charge on any atom is -0.381 e. The summed E-state index contributed by atoms with van der Waals surface area (Å²) >= 11 is 0. The molecule has 26 heavy (non-hydrogen) atoms. The van der Waals surface area contributed by atoms with Crippen LogP contribution in [0.3, 0.4) is 0 Å². The molecule has 8 heteroatoms.